The fourth-order valence-corrected chi connectivity index (χ4v) is 3.46. The first-order valence-electron chi connectivity index (χ1n) is 8.22. The zero-order valence-corrected chi connectivity index (χ0v) is 15.3. The number of carbonyl (C=O) groups is 2. The van der Waals surface area contributed by atoms with E-state index in [4.69, 9.17) is 4.74 Å². The maximum Gasteiger partial charge on any atom is 0.291 e. The summed E-state index contributed by atoms with van der Waals surface area (Å²) in [5, 5.41) is 12.7. The molecule has 140 valence electrons. The van der Waals surface area contributed by atoms with E-state index in [0.717, 1.165) is 22.4 Å². The van der Waals surface area contributed by atoms with Crippen LogP contribution in [0.5, 0.6) is 5.75 Å². The first-order valence-corrected chi connectivity index (χ1v) is 9.10. The van der Waals surface area contributed by atoms with Crippen molar-refractivity contribution >= 4 is 34.3 Å². The van der Waals surface area contributed by atoms with E-state index in [1.165, 1.54) is 24.3 Å². The third-order valence-electron chi connectivity index (χ3n) is 3.88. The number of nitrogens with zero attached hydrogens (tertiary/aromatic N) is 2. The van der Waals surface area contributed by atoms with Gasteiger partial charge in [-0.05, 0) is 48.5 Å². The van der Waals surface area contributed by atoms with Crippen LogP contribution in [-0.4, -0.2) is 33.0 Å². The number of hydrogen-bond acceptors (Lipinski definition) is 7. The molecule has 9 heteroatoms. The Hall–Kier alpha value is -3.07. The lowest BCUT2D eigenvalue weighted by Gasteiger charge is -2.15. The van der Waals surface area contributed by atoms with Crippen molar-refractivity contribution in [3.63, 3.8) is 0 Å². The van der Waals surface area contributed by atoms with Gasteiger partial charge in [0.2, 0.25) is 0 Å². The molecule has 0 bridgehead atoms. The molecule has 0 aromatic heterocycles. The second kappa shape index (κ2) is 8.09. The zero-order valence-electron chi connectivity index (χ0n) is 14.5. The number of nitrogens with one attached hydrogen (secondary N) is 1. The van der Waals surface area contributed by atoms with Gasteiger partial charge in [0.25, 0.3) is 16.8 Å². The van der Waals surface area contributed by atoms with Gasteiger partial charge in [-0.1, -0.05) is 12.1 Å². The van der Waals surface area contributed by atoms with Gasteiger partial charge in [-0.3, -0.25) is 24.6 Å². The molecular formula is C18H17N3O5S. The van der Waals surface area contributed by atoms with Crippen LogP contribution in [0.2, 0.25) is 0 Å². The summed E-state index contributed by atoms with van der Waals surface area (Å²) in [6.07, 6.45) is 0. The average molecular weight is 387 g/mol. The number of imide groups is 1. The molecule has 3 rings (SSSR count). The summed E-state index contributed by atoms with van der Waals surface area (Å²) < 4.78 is 5.37. The fraction of sp³-hybridized carbons (Fsp3) is 0.222. The van der Waals surface area contributed by atoms with Crippen LogP contribution >= 0.6 is 11.8 Å². The number of thioether (sulfide) groups is 1. The molecule has 2 aromatic carbocycles. The summed E-state index contributed by atoms with van der Waals surface area (Å²) in [7, 11) is 0. The number of nitro benzene ring substituents is 1. The minimum absolute atomic E-state index is 0.0396. The molecule has 1 aliphatic heterocycles. The topological polar surface area (TPSA) is 102 Å². The number of hydrogen-bond donors (Lipinski definition) is 1. The summed E-state index contributed by atoms with van der Waals surface area (Å²) >= 11 is 0.905. The van der Waals surface area contributed by atoms with Crippen molar-refractivity contribution < 1.29 is 19.2 Å². The van der Waals surface area contributed by atoms with Gasteiger partial charge >= 0.3 is 0 Å². The van der Waals surface area contributed by atoms with Gasteiger partial charge in [0.1, 0.15) is 5.75 Å². The van der Waals surface area contributed by atoms with Crippen LogP contribution in [-0.2, 0) is 11.3 Å². The van der Waals surface area contributed by atoms with Crippen LogP contribution in [0.4, 0.5) is 16.2 Å². The second-order valence-electron chi connectivity index (χ2n) is 5.71. The molecular weight excluding hydrogens is 370 g/mol. The number of benzene rings is 2. The Bertz CT molecular complexity index is 854. The highest BCUT2D eigenvalue weighted by Gasteiger charge is 2.39. The Morgan fingerprint density at radius 1 is 1.15 bits per heavy atom. The van der Waals surface area contributed by atoms with Gasteiger partial charge in [0.15, 0.2) is 5.37 Å². The van der Waals surface area contributed by atoms with Gasteiger partial charge in [0.05, 0.1) is 18.1 Å². The van der Waals surface area contributed by atoms with Gasteiger partial charge in [-0.2, -0.15) is 0 Å². The summed E-state index contributed by atoms with van der Waals surface area (Å²) in [5.74, 6) is 0.376. The average Bonchev–Trinajstić information content (AvgIpc) is 2.91. The van der Waals surface area contributed by atoms with E-state index in [1.54, 1.807) is 24.3 Å². The molecule has 2 amide bonds. The van der Waals surface area contributed by atoms with Crippen molar-refractivity contribution in [2.75, 3.05) is 11.9 Å². The monoisotopic (exact) mass is 387 g/mol. The maximum absolute atomic E-state index is 12.6. The Kier molecular flexibility index (Phi) is 5.60. The largest absolute Gasteiger partial charge is 0.494 e. The molecule has 0 spiro atoms. The van der Waals surface area contributed by atoms with E-state index in [1.807, 2.05) is 6.92 Å². The molecule has 1 atom stereocenters. The minimum Gasteiger partial charge on any atom is -0.494 e. The molecule has 1 fully saturated rings. The molecule has 1 N–H and O–H groups in total. The van der Waals surface area contributed by atoms with E-state index < -0.39 is 10.3 Å². The van der Waals surface area contributed by atoms with Crippen molar-refractivity contribution in [3.05, 3.63) is 64.2 Å². The number of nitro groups is 1. The Morgan fingerprint density at radius 3 is 2.41 bits per heavy atom. The number of rotatable bonds is 7. The van der Waals surface area contributed by atoms with Crippen molar-refractivity contribution in [3.8, 4) is 5.75 Å². The normalized spacial score (nSPS) is 16.5. The number of ether oxygens (including phenoxy) is 1. The molecule has 27 heavy (non-hydrogen) atoms. The number of carbonyl (C=O) groups excluding carboxylic acids is 2. The summed E-state index contributed by atoms with van der Waals surface area (Å²) in [6, 6.07) is 12.9. The standard InChI is InChI=1S/C18H17N3O5S/c1-2-26-15-9-5-13(6-10-15)19-16-17(22)20(18(23)27-16)11-12-3-7-14(8-4-12)21(24)25/h3-10,16,19H,2,11H2,1H3/t16-/m0/s1. The highest BCUT2D eigenvalue weighted by Crippen LogP contribution is 2.30. The lowest BCUT2D eigenvalue weighted by Crippen LogP contribution is -2.33. The molecule has 8 nitrogen and oxygen atoms in total. The van der Waals surface area contributed by atoms with Crippen molar-refractivity contribution in [2.24, 2.45) is 0 Å². The van der Waals surface area contributed by atoms with E-state index in [-0.39, 0.29) is 23.4 Å². The highest BCUT2D eigenvalue weighted by atomic mass is 32.2. The van der Waals surface area contributed by atoms with E-state index >= 15 is 0 Å². The van der Waals surface area contributed by atoms with Gasteiger partial charge < -0.3 is 10.1 Å². The summed E-state index contributed by atoms with van der Waals surface area (Å²) in [6.45, 7) is 2.53. The first kappa shape index (κ1) is 18.7. The predicted molar refractivity (Wildman–Crippen MR) is 102 cm³/mol. The van der Waals surface area contributed by atoms with Gasteiger partial charge in [0, 0.05) is 17.8 Å². The quantitative estimate of drug-likeness (QED) is 0.572. The minimum atomic E-state index is -0.714. The van der Waals surface area contributed by atoms with Gasteiger partial charge in [-0.25, -0.2) is 0 Å². The number of non-ortho nitro benzene ring substituents is 1. The number of amides is 2. The van der Waals surface area contributed by atoms with Gasteiger partial charge in [-0.15, -0.1) is 0 Å². The molecule has 1 aliphatic rings. The Morgan fingerprint density at radius 2 is 1.81 bits per heavy atom. The third kappa shape index (κ3) is 4.37. The molecule has 0 saturated carbocycles. The van der Waals surface area contributed by atoms with Crippen LogP contribution < -0.4 is 10.1 Å². The number of anilines is 1. The lowest BCUT2D eigenvalue weighted by molar-refractivity contribution is -0.384. The highest BCUT2D eigenvalue weighted by molar-refractivity contribution is 8.15. The maximum atomic E-state index is 12.6. The predicted octanol–water partition coefficient (Wildman–Crippen LogP) is 3.63. The molecule has 2 aromatic rings. The molecule has 0 aliphatic carbocycles. The van der Waals surface area contributed by atoms with Crippen LogP contribution in [0.25, 0.3) is 0 Å². The van der Waals surface area contributed by atoms with E-state index in [2.05, 4.69) is 5.32 Å². The van der Waals surface area contributed by atoms with Crippen LogP contribution in [0.1, 0.15) is 12.5 Å². The SMILES string of the molecule is CCOc1ccc(N[C@H]2SC(=O)N(Cc3ccc([N+](=O)[O-])cc3)C2=O)cc1. The third-order valence-corrected chi connectivity index (χ3v) is 4.86. The molecule has 0 radical (unpaired) electrons. The lowest BCUT2D eigenvalue weighted by atomic mass is 10.2. The second-order valence-corrected chi connectivity index (χ2v) is 6.77. The molecule has 1 heterocycles. The van der Waals surface area contributed by atoms with Crippen LogP contribution in [0.15, 0.2) is 48.5 Å². The van der Waals surface area contributed by atoms with E-state index in [9.17, 15) is 19.7 Å². The van der Waals surface area contributed by atoms with E-state index in [0.29, 0.717) is 17.9 Å². The first-order chi connectivity index (χ1) is 13.0. The van der Waals surface area contributed by atoms with Crippen molar-refractivity contribution in [2.45, 2.75) is 18.8 Å². The Balaban J connectivity index is 1.64. The summed E-state index contributed by atoms with van der Waals surface area (Å²) in [5.41, 5.74) is 1.31. The zero-order chi connectivity index (χ0) is 19.4. The fourth-order valence-electron chi connectivity index (χ4n) is 2.55. The van der Waals surface area contributed by atoms with Crippen LogP contribution in [0.3, 0.4) is 0 Å². The van der Waals surface area contributed by atoms with Crippen molar-refractivity contribution in [1.29, 1.82) is 0 Å². The van der Waals surface area contributed by atoms with Crippen molar-refractivity contribution in [1.82, 2.24) is 4.90 Å². The summed E-state index contributed by atoms with van der Waals surface area (Å²) in [4.78, 5) is 36.1. The molecule has 0 unspecified atom stereocenters. The molecule has 1 saturated heterocycles. The van der Waals surface area contributed by atoms with Crippen LogP contribution in [0, 0.1) is 10.1 Å². The smallest absolute Gasteiger partial charge is 0.291 e. The Labute approximate surface area is 159 Å².